The molecule has 0 bridgehead atoms. The number of nitro groups is 1. The Morgan fingerprint density at radius 1 is 0.938 bits per heavy atom. The molecular weight excluding hydrogens is 438 g/mol. The van der Waals surface area contributed by atoms with Crippen molar-refractivity contribution < 1.29 is 29.5 Å². The van der Waals surface area contributed by atoms with Crippen molar-refractivity contribution >= 4 is 35.3 Å². The van der Waals surface area contributed by atoms with Crippen molar-refractivity contribution in [3.8, 4) is 0 Å². The molecule has 1 aliphatic heterocycles. The number of non-ortho nitro benzene ring substituents is 1. The van der Waals surface area contributed by atoms with Gasteiger partial charge in [-0.25, -0.2) is 9.59 Å². The summed E-state index contributed by atoms with van der Waals surface area (Å²) in [5.74, 6) is -3.71. The molecule has 1 fully saturated rings. The van der Waals surface area contributed by atoms with E-state index in [9.17, 15) is 14.9 Å². The van der Waals surface area contributed by atoms with Gasteiger partial charge in [0.2, 0.25) is 0 Å². The molecule has 11 heteroatoms. The summed E-state index contributed by atoms with van der Waals surface area (Å²) < 4.78 is 0. The van der Waals surface area contributed by atoms with Crippen LogP contribution in [-0.4, -0.2) is 75.2 Å². The Kier molecular flexibility index (Phi) is 9.17. The molecule has 1 aliphatic rings. The van der Waals surface area contributed by atoms with Gasteiger partial charge < -0.3 is 15.1 Å². The number of carboxylic acids is 2. The van der Waals surface area contributed by atoms with E-state index in [-0.39, 0.29) is 11.6 Å². The molecule has 0 spiro atoms. The first-order valence-electron chi connectivity index (χ1n) is 9.56. The fraction of sp³-hybridized carbons (Fsp3) is 0.286. The van der Waals surface area contributed by atoms with Crippen LogP contribution in [0.3, 0.4) is 0 Å². The zero-order valence-electron chi connectivity index (χ0n) is 17.3. The standard InChI is InChI=1S/C19H21N3O3S.C2H2O4/c1-26-18-8-2-15(3-9-18)14-20-10-12-21(13-11-20)19(23)16-4-6-17(7-5-16)22(24)25;3-1(4)2(5)6/h2-9H,10-14H2,1H3;(H,3,4)(H,5,6). The molecule has 0 atom stereocenters. The number of thioether (sulfide) groups is 1. The Balaban J connectivity index is 0.000000534. The number of hydrogen-bond acceptors (Lipinski definition) is 7. The first-order valence-corrected chi connectivity index (χ1v) is 10.8. The lowest BCUT2D eigenvalue weighted by Gasteiger charge is -2.34. The summed E-state index contributed by atoms with van der Waals surface area (Å²) in [4.78, 5) is 46.4. The van der Waals surface area contributed by atoms with Crippen molar-refractivity contribution in [2.75, 3.05) is 32.4 Å². The number of nitrogens with zero attached hydrogens (tertiary/aromatic N) is 3. The number of benzene rings is 2. The van der Waals surface area contributed by atoms with Gasteiger partial charge in [0.25, 0.3) is 11.6 Å². The van der Waals surface area contributed by atoms with Gasteiger partial charge in [-0.1, -0.05) is 12.1 Å². The second-order valence-electron chi connectivity index (χ2n) is 6.83. The van der Waals surface area contributed by atoms with E-state index in [1.54, 1.807) is 11.8 Å². The normalized spacial score (nSPS) is 13.6. The molecule has 2 aromatic rings. The summed E-state index contributed by atoms with van der Waals surface area (Å²) >= 11 is 1.73. The maximum atomic E-state index is 12.6. The van der Waals surface area contributed by atoms with Crippen LogP contribution in [-0.2, 0) is 16.1 Å². The summed E-state index contributed by atoms with van der Waals surface area (Å²) in [6.07, 6.45) is 2.07. The predicted molar refractivity (Wildman–Crippen MR) is 118 cm³/mol. The molecule has 2 N–H and O–H groups in total. The van der Waals surface area contributed by atoms with Crippen LogP contribution >= 0.6 is 11.8 Å². The Morgan fingerprint density at radius 3 is 1.91 bits per heavy atom. The lowest BCUT2D eigenvalue weighted by Crippen LogP contribution is -2.48. The second-order valence-corrected chi connectivity index (χ2v) is 7.71. The van der Waals surface area contributed by atoms with Crippen LogP contribution < -0.4 is 0 Å². The number of carbonyl (C=O) groups excluding carboxylic acids is 1. The second kappa shape index (κ2) is 11.8. The molecule has 3 rings (SSSR count). The van der Waals surface area contributed by atoms with E-state index in [1.165, 1.54) is 34.7 Å². The lowest BCUT2D eigenvalue weighted by atomic mass is 10.1. The number of hydrogen-bond donors (Lipinski definition) is 2. The molecule has 32 heavy (non-hydrogen) atoms. The lowest BCUT2D eigenvalue weighted by molar-refractivity contribution is -0.384. The van der Waals surface area contributed by atoms with Gasteiger partial charge in [0.1, 0.15) is 0 Å². The predicted octanol–water partition coefficient (Wildman–Crippen LogP) is 2.43. The molecule has 0 unspecified atom stereocenters. The van der Waals surface area contributed by atoms with Gasteiger partial charge >= 0.3 is 11.9 Å². The number of carbonyl (C=O) groups is 3. The van der Waals surface area contributed by atoms with E-state index in [2.05, 4.69) is 35.4 Å². The van der Waals surface area contributed by atoms with Gasteiger partial charge in [-0.05, 0) is 36.1 Å². The monoisotopic (exact) mass is 461 g/mol. The summed E-state index contributed by atoms with van der Waals surface area (Å²) in [5, 5.41) is 25.5. The smallest absolute Gasteiger partial charge is 0.414 e. The fourth-order valence-electron chi connectivity index (χ4n) is 3.01. The number of nitro benzene ring substituents is 1. The highest BCUT2D eigenvalue weighted by Gasteiger charge is 2.22. The third-order valence-corrected chi connectivity index (χ3v) is 5.48. The summed E-state index contributed by atoms with van der Waals surface area (Å²) in [6, 6.07) is 14.4. The van der Waals surface area contributed by atoms with Gasteiger partial charge in [0.05, 0.1) is 4.92 Å². The first kappa shape index (κ1) is 24.8. The molecule has 0 radical (unpaired) electrons. The molecule has 1 amide bonds. The molecule has 1 heterocycles. The quantitative estimate of drug-likeness (QED) is 0.297. The zero-order valence-corrected chi connectivity index (χ0v) is 18.2. The van der Waals surface area contributed by atoms with Crippen LogP contribution in [0.2, 0.25) is 0 Å². The van der Waals surface area contributed by atoms with Crippen LogP contribution in [0.4, 0.5) is 5.69 Å². The minimum Gasteiger partial charge on any atom is -0.473 e. The summed E-state index contributed by atoms with van der Waals surface area (Å²) in [7, 11) is 0. The van der Waals surface area contributed by atoms with Gasteiger partial charge in [0.15, 0.2) is 0 Å². The van der Waals surface area contributed by atoms with E-state index < -0.39 is 16.9 Å². The number of piperazine rings is 1. The molecule has 0 aliphatic carbocycles. The number of amides is 1. The Morgan fingerprint density at radius 2 is 1.47 bits per heavy atom. The first-order chi connectivity index (χ1) is 15.2. The third-order valence-electron chi connectivity index (χ3n) is 4.73. The van der Waals surface area contributed by atoms with Crippen molar-refractivity contribution in [3.05, 3.63) is 69.8 Å². The van der Waals surface area contributed by atoms with Gasteiger partial charge in [-0.15, -0.1) is 11.8 Å². The molecule has 1 saturated heterocycles. The van der Waals surface area contributed by atoms with Crippen molar-refractivity contribution in [2.45, 2.75) is 11.4 Å². The van der Waals surface area contributed by atoms with Crippen LogP contribution in [0.1, 0.15) is 15.9 Å². The summed E-state index contributed by atoms with van der Waals surface area (Å²) in [6.45, 7) is 3.86. The Bertz CT molecular complexity index is 944. The Hall–Kier alpha value is -3.44. The highest BCUT2D eigenvalue weighted by molar-refractivity contribution is 7.98. The highest BCUT2D eigenvalue weighted by atomic mass is 32.2. The van der Waals surface area contributed by atoms with E-state index in [0.29, 0.717) is 18.7 Å². The van der Waals surface area contributed by atoms with Crippen molar-refractivity contribution in [1.82, 2.24) is 9.80 Å². The van der Waals surface area contributed by atoms with Crippen LogP contribution in [0.15, 0.2) is 53.4 Å². The number of rotatable bonds is 5. The van der Waals surface area contributed by atoms with Crippen LogP contribution in [0, 0.1) is 10.1 Å². The maximum Gasteiger partial charge on any atom is 0.414 e. The zero-order chi connectivity index (χ0) is 23.7. The largest absolute Gasteiger partial charge is 0.473 e. The third kappa shape index (κ3) is 7.36. The number of aliphatic carboxylic acids is 2. The van der Waals surface area contributed by atoms with Crippen molar-refractivity contribution in [2.24, 2.45) is 0 Å². The molecule has 10 nitrogen and oxygen atoms in total. The molecular formula is C21H23N3O7S. The average molecular weight is 461 g/mol. The fourth-order valence-corrected chi connectivity index (χ4v) is 3.41. The van der Waals surface area contributed by atoms with Gasteiger partial charge in [0, 0.05) is 55.3 Å². The van der Waals surface area contributed by atoms with E-state index >= 15 is 0 Å². The maximum absolute atomic E-state index is 12.6. The topological polar surface area (TPSA) is 141 Å². The molecule has 0 aromatic heterocycles. The van der Waals surface area contributed by atoms with E-state index in [4.69, 9.17) is 19.8 Å². The number of carboxylic acid groups (broad SMARTS) is 2. The average Bonchev–Trinajstić information content (AvgIpc) is 2.80. The van der Waals surface area contributed by atoms with Crippen LogP contribution in [0.25, 0.3) is 0 Å². The SMILES string of the molecule is CSc1ccc(CN2CCN(C(=O)c3ccc([N+](=O)[O-])cc3)CC2)cc1.O=C(O)C(=O)O. The molecule has 2 aromatic carbocycles. The summed E-state index contributed by atoms with van der Waals surface area (Å²) in [5.41, 5.74) is 1.77. The van der Waals surface area contributed by atoms with E-state index in [0.717, 1.165) is 19.6 Å². The van der Waals surface area contributed by atoms with Crippen LogP contribution in [0.5, 0.6) is 0 Å². The van der Waals surface area contributed by atoms with E-state index in [1.807, 2.05) is 4.90 Å². The minimum absolute atomic E-state index is 0.00105. The molecule has 0 saturated carbocycles. The highest BCUT2D eigenvalue weighted by Crippen LogP contribution is 2.18. The van der Waals surface area contributed by atoms with Gasteiger partial charge in [-0.2, -0.15) is 0 Å². The van der Waals surface area contributed by atoms with Gasteiger partial charge in [-0.3, -0.25) is 19.8 Å². The minimum atomic E-state index is -1.82. The molecule has 170 valence electrons. The van der Waals surface area contributed by atoms with Crippen molar-refractivity contribution in [3.63, 3.8) is 0 Å². The van der Waals surface area contributed by atoms with Crippen molar-refractivity contribution in [1.29, 1.82) is 0 Å². The Labute approximate surface area is 188 Å².